The van der Waals surface area contributed by atoms with Crippen LogP contribution in [-0.4, -0.2) is 14.6 Å². The van der Waals surface area contributed by atoms with Gasteiger partial charge in [-0.25, -0.2) is 0 Å². The van der Waals surface area contributed by atoms with Crippen LogP contribution >= 0.6 is 0 Å². The monoisotopic (exact) mass is 240 g/mol. The van der Waals surface area contributed by atoms with E-state index in [4.69, 9.17) is 4.43 Å². The van der Waals surface area contributed by atoms with Crippen LogP contribution in [0, 0.1) is 0 Å². The summed E-state index contributed by atoms with van der Waals surface area (Å²) in [7, 11) is -1.87. The third-order valence-corrected chi connectivity index (χ3v) is 7.37. The number of unbranched alkanes of at least 4 members (excludes halogenated alkanes) is 1. The number of carbonyl (C=O) groups excluding carboxylic acids is 1. The third-order valence-electron chi connectivity index (χ3n) is 3.01. The fourth-order valence-corrected chi connectivity index (χ4v) is 1.93. The summed E-state index contributed by atoms with van der Waals surface area (Å²) in [5.74, 6) is 0.480. The van der Waals surface area contributed by atoms with E-state index >= 15 is 0 Å². The van der Waals surface area contributed by atoms with Crippen molar-refractivity contribution < 1.29 is 9.22 Å². The highest BCUT2D eigenvalue weighted by Crippen LogP contribution is 2.37. The van der Waals surface area contributed by atoms with Crippen molar-refractivity contribution in [2.75, 3.05) is 0 Å². The van der Waals surface area contributed by atoms with Crippen molar-refractivity contribution in [2.45, 2.75) is 51.7 Å². The zero-order valence-corrected chi connectivity index (χ0v) is 12.2. The van der Waals surface area contributed by atoms with Gasteiger partial charge in [-0.2, -0.15) is 0 Å². The minimum absolute atomic E-state index is 0.119. The summed E-state index contributed by atoms with van der Waals surface area (Å²) in [4.78, 5) is 10.9. The summed E-state index contributed by atoms with van der Waals surface area (Å²) in [5, 5.41) is 0.119. The van der Waals surface area contributed by atoms with Crippen molar-refractivity contribution in [1.29, 1.82) is 0 Å². The van der Waals surface area contributed by atoms with Crippen molar-refractivity contribution in [1.82, 2.24) is 0 Å². The lowest BCUT2D eigenvalue weighted by Gasteiger charge is -2.36. The maximum Gasteiger partial charge on any atom is 0.250 e. The molecule has 0 aliphatic heterocycles. The highest BCUT2D eigenvalue weighted by molar-refractivity contribution is 6.74. The molecule has 0 saturated carbocycles. The van der Waals surface area contributed by atoms with Gasteiger partial charge in [0.05, 0.1) is 0 Å². The molecule has 0 spiro atoms. The Bertz CT molecular complexity index is 272. The second-order valence-electron chi connectivity index (χ2n) is 5.45. The highest BCUT2D eigenvalue weighted by Gasteiger charge is 2.39. The Morgan fingerprint density at radius 3 is 2.25 bits per heavy atom. The summed E-state index contributed by atoms with van der Waals surface area (Å²) in [6, 6.07) is 0. The molecule has 3 heteroatoms. The molecule has 16 heavy (non-hydrogen) atoms. The minimum atomic E-state index is -1.87. The van der Waals surface area contributed by atoms with Gasteiger partial charge in [-0.3, -0.25) is 4.79 Å². The molecule has 0 aliphatic carbocycles. The van der Waals surface area contributed by atoms with Crippen LogP contribution in [0.3, 0.4) is 0 Å². The second-order valence-corrected chi connectivity index (χ2v) is 10.2. The Morgan fingerprint density at radius 2 is 1.88 bits per heavy atom. The number of rotatable bonds is 6. The first-order chi connectivity index (χ1) is 7.24. The average Bonchev–Trinajstić information content (AvgIpc) is 2.14. The molecule has 0 radical (unpaired) electrons. The van der Waals surface area contributed by atoms with E-state index in [0.29, 0.717) is 5.76 Å². The molecule has 0 bridgehead atoms. The third kappa shape index (κ3) is 4.79. The summed E-state index contributed by atoms with van der Waals surface area (Å²) in [5.41, 5.74) is 0. The molecule has 2 nitrogen and oxygen atoms in total. The number of aldehydes is 1. The zero-order valence-electron chi connectivity index (χ0n) is 11.2. The van der Waals surface area contributed by atoms with Gasteiger partial charge in [-0.1, -0.05) is 26.8 Å². The van der Waals surface area contributed by atoms with E-state index in [1.165, 1.54) is 0 Å². The van der Waals surface area contributed by atoms with E-state index in [0.717, 1.165) is 19.1 Å². The van der Waals surface area contributed by atoms with Gasteiger partial charge in [0.15, 0.2) is 6.29 Å². The molecule has 0 aromatic rings. The summed E-state index contributed by atoms with van der Waals surface area (Å²) >= 11 is 0. The first-order valence-electron chi connectivity index (χ1n) is 5.70. The van der Waals surface area contributed by atoms with Crippen LogP contribution < -0.4 is 0 Å². The molecule has 0 N–H and O–H groups in total. The Morgan fingerprint density at radius 1 is 1.31 bits per heavy atom. The van der Waals surface area contributed by atoms with Crippen molar-refractivity contribution in [3.8, 4) is 0 Å². The summed E-state index contributed by atoms with van der Waals surface area (Å²) in [6.07, 6.45) is 6.19. The molecule has 92 valence electrons. The largest absolute Gasteiger partial charge is 0.542 e. The molecule has 0 rings (SSSR count). The molecule has 0 aliphatic rings. The topological polar surface area (TPSA) is 26.3 Å². The van der Waals surface area contributed by atoms with Crippen LogP contribution in [-0.2, 0) is 9.22 Å². The molecule has 0 aromatic carbocycles. The maximum atomic E-state index is 10.9. The van der Waals surface area contributed by atoms with Gasteiger partial charge < -0.3 is 4.43 Å². The Kier molecular flexibility index (Phi) is 5.72. The van der Waals surface area contributed by atoms with Gasteiger partial charge in [0.25, 0.3) is 8.32 Å². The van der Waals surface area contributed by atoms with Crippen molar-refractivity contribution in [3.63, 3.8) is 0 Å². The van der Waals surface area contributed by atoms with Crippen LogP contribution in [0.15, 0.2) is 24.5 Å². The van der Waals surface area contributed by atoms with E-state index in [1.807, 2.05) is 12.2 Å². The van der Waals surface area contributed by atoms with Crippen LogP contribution in [0.5, 0.6) is 0 Å². The lowest BCUT2D eigenvalue weighted by molar-refractivity contribution is -0.106. The Labute approximate surface area is 101 Å². The number of allylic oxidation sites excluding steroid dienone is 3. The zero-order chi connectivity index (χ0) is 12.8. The van der Waals surface area contributed by atoms with Gasteiger partial charge >= 0.3 is 0 Å². The quantitative estimate of drug-likeness (QED) is 0.175. The number of carbonyl (C=O) groups is 1. The predicted molar refractivity (Wildman–Crippen MR) is 71.9 cm³/mol. The first kappa shape index (κ1) is 15.2. The van der Waals surface area contributed by atoms with Crippen LogP contribution in [0.4, 0.5) is 0 Å². The fraction of sp³-hybridized carbons (Fsp3) is 0.615. The number of hydrogen-bond donors (Lipinski definition) is 0. The maximum absolute atomic E-state index is 10.9. The molecule has 0 fully saturated rings. The lowest BCUT2D eigenvalue weighted by atomic mass is 10.2. The molecular weight excluding hydrogens is 216 g/mol. The van der Waals surface area contributed by atoms with Crippen molar-refractivity contribution >= 4 is 14.6 Å². The van der Waals surface area contributed by atoms with Crippen molar-refractivity contribution in [2.24, 2.45) is 0 Å². The molecular formula is C13H24O2Si. The molecule has 0 saturated heterocycles. The highest BCUT2D eigenvalue weighted by atomic mass is 28.4. The van der Waals surface area contributed by atoms with Gasteiger partial charge in [0, 0.05) is 0 Å². The standard InChI is InChI=1S/C13H24O2Si/c1-7-8-9-10-12(11-14)15-16(5,6)13(2,3)4/h7,10-11H,1,8-9H2,2-6H3/b12-10-. The van der Waals surface area contributed by atoms with E-state index in [2.05, 4.69) is 40.4 Å². The van der Waals surface area contributed by atoms with Gasteiger partial charge in [0.2, 0.25) is 0 Å². The van der Waals surface area contributed by atoms with Crippen LogP contribution in [0.1, 0.15) is 33.6 Å². The molecule has 0 aromatic heterocycles. The van der Waals surface area contributed by atoms with E-state index < -0.39 is 8.32 Å². The second kappa shape index (κ2) is 6.04. The molecule has 0 heterocycles. The smallest absolute Gasteiger partial charge is 0.250 e. The normalized spacial score (nSPS) is 13.4. The van der Waals surface area contributed by atoms with Gasteiger partial charge in [0.1, 0.15) is 5.76 Å². The number of hydrogen-bond acceptors (Lipinski definition) is 2. The lowest BCUT2D eigenvalue weighted by Crippen LogP contribution is -2.40. The van der Waals surface area contributed by atoms with Gasteiger partial charge in [-0.05, 0) is 37.0 Å². The van der Waals surface area contributed by atoms with Gasteiger partial charge in [-0.15, -0.1) is 6.58 Å². The van der Waals surface area contributed by atoms with Crippen LogP contribution in [0.25, 0.3) is 0 Å². The van der Waals surface area contributed by atoms with Crippen LogP contribution in [0.2, 0.25) is 18.1 Å². The Balaban J connectivity index is 4.60. The SMILES string of the molecule is C=CCC/C=C(/C=O)O[Si](C)(C)C(C)(C)C. The average molecular weight is 240 g/mol. The molecule has 0 amide bonds. The summed E-state index contributed by atoms with van der Waals surface area (Å²) < 4.78 is 5.90. The fourth-order valence-electron chi connectivity index (χ4n) is 0.905. The van der Waals surface area contributed by atoms with E-state index in [-0.39, 0.29) is 5.04 Å². The molecule has 0 atom stereocenters. The minimum Gasteiger partial charge on any atom is -0.542 e. The first-order valence-corrected chi connectivity index (χ1v) is 8.60. The molecule has 0 unspecified atom stereocenters. The predicted octanol–water partition coefficient (Wildman–Crippen LogP) is 4.06. The van der Waals surface area contributed by atoms with Crippen molar-refractivity contribution in [3.05, 3.63) is 24.5 Å². The Hall–Kier alpha value is -0.833. The summed E-state index contributed by atoms with van der Waals surface area (Å²) in [6.45, 7) is 14.4. The van der Waals surface area contributed by atoms with E-state index in [1.54, 1.807) is 0 Å². The van der Waals surface area contributed by atoms with E-state index in [9.17, 15) is 4.79 Å².